The number of primary amides is 1. The molecule has 1 aromatic carbocycles. The molecule has 3 amide bonds. The van der Waals surface area contributed by atoms with Gasteiger partial charge in [0.05, 0.1) is 10.5 Å². The summed E-state index contributed by atoms with van der Waals surface area (Å²) in [5.74, 6) is -2.86. The first-order valence-electron chi connectivity index (χ1n) is 9.81. The van der Waals surface area contributed by atoms with Crippen molar-refractivity contribution in [3.63, 3.8) is 0 Å². The summed E-state index contributed by atoms with van der Waals surface area (Å²) < 4.78 is 31.0. The van der Waals surface area contributed by atoms with Crippen molar-refractivity contribution in [2.24, 2.45) is 5.73 Å². The zero-order chi connectivity index (χ0) is 24.6. The van der Waals surface area contributed by atoms with Gasteiger partial charge in [-0.05, 0) is 35.7 Å². The summed E-state index contributed by atoms with van der Waals surface area (Å²) in [6.45, 7) is 2.97. The smallest absolute Gasteiger partial charge is 0.325 e. The summed E-state index contributed by atoms with van der Waals surface area (Å²) in [5.41, 5.74) is 5.48. The highest BCUT2D eigenvalue weighted by Crippen LogP contribution is 2.22. The van der Waals surface area contributed by atoms with Crippen LogP contribution in [-0.4, -0.2) is 62.7 Å². The lowest BCUT2D eigenvalue weighted by molar-refractivity contribution is -0.146. The van der Waals surface area contributed by atoms with E-state index in [0.717, 1.165) is 11.3 Å². The third-order valence-corrected chi connectivity index (χ3v) is 7.29. The van der Waals surface area contributed by atoms with Gasteiger partial charge in [0.25, 0.3) is 17.7 Å². The predicted octanol–water partition coefficient (Wildman–Crippen LogP) is 0.789. The largest absolute Gasteiger partial charge is 0.454 e. The molecule has 1 heterocycles. The highest BCUT2D eigenvalue weighted by Gasteiger charge is 2.22. The Bertz CT molecular complexity index is 1120. The molecule has 11 nitrogen and oxygen atoms in total. The molecular weight excluding hydrogens is 472 g/mol. The van der Waals surface area contributed by atoms with Gasteiger partial charge in [-0.3, -0.25) is 19.2 Å². The van der Waals surface area contributed by atoms with E-state index in [9.17, 15) is 27.6 Å². The fraction of sp³-hybridized carbons (Fsp3) is 0.300. The molecule has 0 radical (unpaired) electrons. The maximum Gasteiger partial charge on any atom is 0.325 e. The molecule has 0 aliphatic carbocycles. The van der Waals surface area contributed by atoms with Gasteiger partial charge in [0, 0.05) is 18.7 Å². The summed E-state index contributed by atoms with van der Waals surface area (Å²) >= 11 is 1.09. The van der Waals surface area contributed by atoms with E-state index in [0.29, 0.717) is 13.1 Å². The second-order valence-corrected chi connectivity index (χ2v) is 9.39. The number of hydrogen-bond donors (Lipinski definition) is 3. The molecule has 4 N–H and O–H groups in total. The first-order chi connectivity index (χ1) is 15.6. The van der Waals surface area contributed by atoms with Crippen LogP contribution in [0.25, 0.3) is 0 Å². The van der Waals surface area contributed by atoms with Crippen LogP contribution in [0.3, 0.4) is 0 Å². The van der Waals surface area contributed by atoms with E-state index < -0.39 is 46.9 Å². The Morgan fingerprint density at radius 3 is 2.27 bits per heavy atom. The number of carbonyl (C=O) groups excluding carboxylic acids is 4. The molecule has 0 atom stereocenters. The van der Waals surface area contributed by atoms with Crippen molar-refractivity contribution in [3.8, 4) is 0 Å². The van der Waals surface area contributed by atoms with E-state index in [1.54, 1.807) is 19.2 Å². The Labute approximate surface area is 194 Å². The quantitative estimate of drug-likeness (QED) is 0.387. The molecule has 0 aliphatic heterocycles. The van der Waals surface area contributed by atoms with E-state index in [2.05, 4.69) is 10.6 Å². The predicted molar refractivity (Wildman–Crippen MR) is 121 cm³/mol. The molecule has 0 saturated heterocycles. The van der Waals surface area contributed by atoms with E-state index in [1.807, 2.05) is 0 Å². The fourth-order valence-corrected chi connectivity index (χ4v) is 4.97. The average Bonchev–Trinajstić information content (AvgIpc) is 3.25. The second-order valence-electron chi connectivity index (χ2n) is 6.53. The van der Waals surface area contributed by atoms with E-state index in [4.69, 9.17) is 10.5 Å². The van der Waals surface area contributed by atoms with E-state index >= 15 is 0 Å². The van der Waals surface area contributed by atoms with Crippen LogP contribution in [0, 0.1) is 0 Å². The van der Waals surface area contributed by atoms with Crippen molar-refractivity contribution in [1.29, 1.82) is 0 Å². The van der Waals surface area contributed by atoms with Crippen molar-refractivity contribution in [2.75, 3.05) is 31.6 Å². The maximum absolute atomic E-state index is 12.5. The molecule has 0 bridgehead atoms. The number of thiophene rings is 1. The molecule has 0 unspecified atom stereocenters. The summed E-state index contributed by atoms with van der Waals surface area (Å²) in [6, 6.07) is 6.76. The van der Waals surface area contributed by atoms with Crippen LogP contribution in [0.1, 0.15) is 34.6 Å². The van der Waals surface area contributed by atoms with Crippen molar-refractivity contribution in [2.45, 2.75) is 18.7 Å². The summed E-state index contributed by atoms with van der Waals surface area (Å²) in [5, 5.41) is 6.56. The van der Waals surface area contributed by atoms with E-state index in [-0.39, 0.29) is 21.0 Å². The number of nitrogens with zero attached hydrogens (tertiary/aromatic N) is 1. The SMILES string of the molecule is CCN(CC)S(=O)(=O)c1ccc(C(=O)NCC(=O)OCC(=O)Nc2sccc2C(N)=O)cc1. The van der Waals surface area contributed by atoms with Crippen LogP contribution in [-0.2, 0) is 24.3 Å². The van der Waals surface area contributed by atoms with Gasteiger partial charge in [0.1, 0.15) is 11.5 Å². The lowest BCUT2D eigenvalue weighted by Crippen LogP contribution is -2.32. The number of sulfonamides is 1. The number of nitrogens with one attached hydrogen (secondary N) is 2. The first-order valence-corrected chi connectivity index (χ1v) is 12.1. The minimum absolute atomic E-state index is 0.0541. The number of anilines is 1. The first kappa shape index (κ1) is 26.0. The molecule has 0 spiro atoms. The molecule has 0 aliphatic rings. The van der Waals surface area contributed by atoms with Crippen molar-refractivity contribution in [3.05, 3.63) is 46.8 Å². The lowest BCUT2D eigenvalue weighted by atomic mass is 10.2. The van der Waals surface area contributed by atoms with Gasteiger partial charge in [-0.2, -0.15) is 4.31 Å². The van der Waals surface area contributed by atoms with Crippen LogP contribution in [0.4, 0.5) is 5.00 Å². The van der Waals surface area contributed by atoms with Crippen LogP contribution >= 0.6 is 11.3 Å². The fourth-order valence-electron chi connectivity index (χ4n) is 2.71. The molecule has 2 aromatic rings. The Morgan fingerprint density at radius 2 is 1.70 bits per heavy atom. The molecule has 1 aromatic heterocycles. The number of rotatable bonds is 11. The van der Waals surface area contributed by atoms with Crippen LogP contribution in [0.5, 0.6) is 0 Å². The number of hydrogen-bond acceptors (Lipinski definition) is 8. The minimum atomic E-state index is -3.65. The average molecular weight is 497 g/mol. The zero-order valence-electron chi connectivity index (χ0n) is 18.0. The zero-order valence-corrected chi connectivity index (χ0v) is 19.6. The van der Waals surface area contributed by atoms with Gasteiger partial charge in [0.2, 0.25) is 10.0 Å². The second kappa shape index (κ2) is 11.5. The van der Waals surface area contributed by atoms with Gasteiger partial charge >= 0.3 is 5.97 Å². The minimum Gasteiger partial charge on any atom is -0.454 e. The molecule has 2 rings (SSSR count). The maximum atomic E-state index is 12.5. The summed E-state index contributed by atoms with van der Waals surface area (Å²) in [7, 11) is -3.65. The molecule has 178 valence electrons. The number of ether oxygens (including phenoxy) is 1. The third-order valence-electron chi connectivity index (χ3n) is 4.40. The molecule has 13 heteroatoms. The van der Waals surface area contributed by atoms with Crippen molar-refractivity contribution < 1.29 is 32.3 Å². The summed E-state index contributed by atoms with van der Waals surface area (Å²) in [6.07, 6.45) is 0. The number of carbonyl (C=O) groups is 4. The normalized spacial score (nSPS) is 11.1. The van der Waals surface area contributed by atoms with Crippen LogP contribution in [0.15, 0.2) is 40.6 Å². The van der Waals surface area contributed by atoms with Gasteiger partial charge < -0.3 is 21.1 Å². The Kier molecular flexibility index (Phi) is 9.08. The number of nitrogens with two attached hydrogens (primary N) is 1. The monoisotopic (exact) mass is 496 g/mol. The van der Waals surface area contributed by atoms with Gasteiger partial charge in [-0.25, -0.2) is 8.42 Å². The highest BCUT2D eigenvalue weighted by molar-refractivity contribution is 7.89. The lowest BCUT2D eigenvalue weighted by Gasteiger charge is -2.18. The molecule has 0 saturated carbocycles. The van der Waals surface area contributed by atoms with Crippen LogP contribution < -0.4 is 16.4 Å². The topological polar surface area (TPSA) is 165 Å². The van der Waals surface area contributed by atoms with Crippen LogP contribution in [0.2, 0.25) is 0 Å². The number of benzene rings is 1. The van der Waals surface area contributed by atoms with Gasteiger partial charge in [-0.15, -0.1) is 11.3 Å². The van der Waals surface area contributed by atoms with Gasteiger partial charge in [0.15, 0.2) is 6.61 Å². The summed E-state index contributed by atoms with van der Waals surface area (Å²) in [4.78, 5) is 47.2. The molecule has 0 fully saturated rings. The van der Waals surface area contributed by atoms with Gasteiger partial charge in [-0.1, -0.05) is 13.8 Å². The van der Waals surface area contributed by atoms with Crippen molar-refractivity contribution in [1.82, 2.24) is 9.62 Å². The Morgan fingerprint density at radius 1 is 1.06 bits per heavy atom. The Balaban J connectivity index is 1.84. The highest BCUT2D eigenvalue weighted by atomic mass is 32.2. The van der Waals surface area contributed by atoms with E-state index in [1.165, 1.54) is 34.6 Å². The standard InChI is InChI=1S/C20H24N4O7S2/c1-3-24(4-2)33(29,30)14-7-5-13(6-8-14)19(28)22-11-17(26)31-12-16(25)23-20-15(18(21)27)9-10-32-20/h5-10H,3-4,11-12H2,1-2H3,(H2,21,27)(H,22,28)(H,23,25). The third kappa shape index (κ3) is 6.84. The number of amides is 3. The Hall–Kier alpha value is -3.29. The molecular formula is C20H24N4O7S2. The van der Waals surface area contributed by atoms with Crippen molar-refractivity contribution >= 4 is 50.1 Å². The molecule has 33 heavy (non-hydrogen) atoms. The number of esters is 1.